The Labute approximate surface area is 299 Å². The largest absolute Gasteiger partial charge is 0.497 e. The molecule has 1 aromatic heterocycles. The van der Waals surface area contributed by atoms with Crippen LogP contribution in [0.25, 0.3) is 0 Å². The Balaban J connectivity index is 1.27. The molecule has 51 heavy (non-hydrogen) atoms. The second-order valence-electron chi connectivity index (χ2n) is 11.9. The van der Waals surface area contributed by atoms with Gasteiger partial charge in [-0.1, -0.05) is 77.9 Å². The molecule has 1 amide bonds. The first kappa shape index (κ1) is 37.2. The van der Waals surface area contributed by atoms with Crippen LogP contribution in [0.15, 0.2) is 135 Å². The number of hydrogen-bond donors (Lipinski definition) is 1. The van der Waals surface area contributed by atoms with Crippen LogP contribution in [0.4, 0.5) is 0 Å². The number of methoxy groups -OCH3 is 1. The predicted molar refractivity (Wildman–Crippen MR) is 195 cm³/mol. The molecule has 0 aliphatic carbocycles. The summed E-state index contributed by atoms with van der Waals surface area (Å²) >= 11 is 0. The SMILES string of the molecule is COc1ccc(S(=O)(=O)N(CCc2ccccc2)CC(=O)N/N=C\c2ccc(CN(Cc3ccc(C)cc3)S(=O)(=O)c3ccc(C)cc3)o2)cc1. The third-order valence-corrected chi connectivity index (χ3v) is 11.7. The summed E-state index contributed by atoms with van der Waals surface area (Å²) in [4.78, 5) is 13.2. The number of ether oxygens (including phenoxy) is 1. The number of hydrogen-bond acceptors (Lipinski definition) is 8. The van der Waals surface area contributed by atoms with E-state index in [1.165, 1.54) is 29.8 Å². The molecule has 0 aliphatic heterocycles. The van der Waals surface area contributed by atoms with Gasteiger partial charge in [-0.05, 0) is 79.9 Å². The van der Waals surface area contributed by atoms with E-state index >= 15 is 0 Å². The Kier molecular flexibility index (Phi) is 12.2. The quantitative estimate of drug-likeness (QED) is 0.102. The van der Waals surface area contributed by atoms with Crippen LogP contribution < -0.4 is 10.2 Å². The molecule has 0 saturated heterocycles. The number of carbonyl (C=O) groups excluding carboxylic acids is 1. The average Bonchev–Trinajstić information content (AvgIpc) is 3.58. The molecule has 1 N–H and O–H groups in total. The lowest BCUT2D eigenvalue weighted by Gasteiger charge is -2.22. The molecule has 266 valence electrons. The van der Waals surface area contributed by atoms with Gasteiger partial charge in [0.15, 0.2) is 0 Å². The summed E-state index contributed by atoms with van der Waals surface area (Å²) in [6.07, 6.45) is 1.66. The number of carbonyl (C=O) groups is 1. The molecular weight excluding hydrogens is 689 g/mol. The molecule has 0 aliphatic rings. The maximum Gasteiger partial charge on any atom is 0.255 e. The molecule has 0 saturated carbocycles. The zero-order chi connectivity index (χ0) is 36.4. The Morgan fingerprint density at radius 3 is 1.94 bits per heavy atom. The maximum absolute atomic E-state index is 13.7. The van der Waals surface area contributed by atoms with Crippen molar-refractivity contribution in [2.75, 3.05) is 20.2 Å². The Bertz CT molecular complexity index is 2150. The van der Waals surface area contributed by atoms with Crippen molar-refractivity contribution >= 4 is 32.2 Å². The fourth-order valence-corrected chi connectivity index (χ4v) is 7.94. The van der Waals surface area contributed by atoms with Gasteiger partial charge in [-0.25, -0.2) is 22.3 Å². The van der Waals surface area contributed by atoms with Gasteiger partial charge in [0.25, 0.3) is 5.91 Å². The molecule has 0 fully saturated rings. The number of hydrazone groups is 1. The Morgan fingerprint density at radius 2 is 1.31 bits per heavy atom. The van der Waals surface area contributed by atoms with Gasteiger partial charge in [0.1, 0.15) is 17.3 Å². The van der Waals surface area contributed by atoms with Gasteiger partial charge >= 0.3 is 0 Å². The van der Waals surface area contributed by atoms with Crippen LogP contribution >= 0.6 is 0 Å². The van der Waals surface area contributed by atoms with Gasteiger partial charge in [0.05, 0.1) is 36.2 Å². The van der Waals surface area contributed by atoms with Crippen molar-refractivity contribution in [2.45, 2.75) is 43.1 Å². The van der Waals surface area contributed by atoms with Crippen LogP contribution in [0, 0.1) is 13.8 Å². The second kappa shape index (κ2) is 16.8. The van der Waals surface area contributed by atoms with Crippen molar-refractivity contribution in [1.82, 2.24) is 14.0 Å². The van der Waals surface area contributed by atoms with Crippen molar-refractivity contribution in [3.8, 4) is 5.75 Å². The lowest BCUT2D eigenvalue weighted by molar-refractivity contribution is -0.121. The summed E-state index contributed by atoms with van der Waals surface area (Å²) in [5.41, 5.74) is 6.12. The average molecular weight is 729 g/mol. The molecule has 0 bridgehead atoms. The normalized spacial score (nSPS) is 12.1. The highest BCUT2D eigenvalue weighted by Gasteiger charge is 2.28. The third-order valence-electron chi connectivity index (χ3n) is 8.04. The summed E-state index contributed by atoms with van der Waals surface area (Å²) in [7, 11) is -6.45. The van der Waals surface area contributed by atoms with Crippen LogP contribution in [0.3, 0.4) is 0 Å². The first-order valence-electron chi connectivity index (χ1n) is 16.1. The molecule has 0 radical (unpaired) electrons. The monoisotopic (exact) mass is 728 g/mol. The fraction of sp³-hybridized carbons (Fsp3) is 0.211. The van der Waals surface area contributed by atoms with Crippen molar-refractivity contribution in [3.63, 3.8) is 0 Å². The number of nitrogens with zero attached hydrogens (tertiary/aromatic N) is 3. The maximum atomic E-state index is 13.7. The summed E-state index contributed by atoms with van der Waals surface area (Å²) in [6.45, 7) is 3.50. The molecule has 0 spiro atoms. The molecule has 5 aromatic rings. The first-order chi connectivity index (χ1) is 24.4. The van der Waals surface area contributed by atoms with E-state index in [1.54, 1.807) is 48.5 Å². The van der Waals surface area contributed by atoms with E-state index in [0.717, 1.165) is 26.6 Å². The minimum Gasteiger partial charge on any atom is -0.497 e. The van der Waals surface area contributed by atoms with E-state index in [0.29, 0.717) is 17.9 Å². The Morgan fingerprint density at radius 1 is 0.725 bits per heavy atom. The lowest BCUT2D eigenvalue weighted by Crippen LogP contribution is -2.40. The number of benzene rings is 4. The summed E-state index contributed by atoms with van der Waals surface area (Å²) in [5, 5.41) is 3.98. The standard InChI is InChI=1S/C38H40N4O7S2/c1-29-9-13-32(14-10-29)26-42(51(46,47)36-19-11-30(2)12-20-36)27-35-16-15-34(49-35)25-39-40-38(43)28-41(24-23-31-7-5-4-6-8-31)50(44,45)37-21-17-33(48-3)18-22-37/h4-22,25H,23-24,26-28H2,1-3H3,(H,40,43)/b39-25-. The van der Waals surface area contributed by atoms with Crippen molar-refractivity contribution in [1.29, 1.82) is 0 Å². The minimum atomic E-state index is -4.04. The van der Waals surface area contributed by atoms with Crippen molar-refractivity contribution in [2.24, 2.45) is 5.10 Å². The van der Waals surface area contributed by atoms with Crippen molar-refractivity contribution in [3.05, 3.63) is 149 Å². The summed E-state index contributed by atoms with van der Waals surface area (Å²) in [6, 6.07) is 32.9. The van der Waals surface area contributed by atoms with E-state index in [2.05, 4.69) is 10.5 Å². The number of nitrogens with one attached hydrogen (secondary N) is 1. The van der Waals surface area contributed by atoms with E-state index in [4.69, 9.17) is 9.15 Å². The number of aryl methyl sites for hydroxylation is 2. The van der Waals surface area contributed by atoms with E-state index in [9.17, 15) is 21.6 Å². The van der Waals surface area contributed by atoms with Crippen LogP contribution in [0.1, 0.15) is 33.8 Å². The summed E-state index contributed by atoms with van der Waals surface area (Å²) in [5.74, 6) is 0.477. The van der Waals surface area contributed by atoms with Crippen LogP contribution in [-0.2, 0) is 44.4 Å². The van der Waals surface area contributed by atoms with Gasteiger partial charge in [-0.3, -0.25) is 4.79 Å². The van der Waals surface area contributed by atoms with Gasteiger partial charge in [0.2, 0.25) is 20.0 Å². The van der Waals surface area contributed by atoms with E-state index in [-0.39, 0.29) is 35.2 Å². The highest BCUT2D eigenvalue weighted by Crippen LogP contribution is 2.23. The van der Waals surface area contributed by atoms with Crippen LogP contribution in [0.5, 0.6) is 5.75 Å². The highest BCUT2D eigenvalue weighted by atomic mass is 32.2. The summed E-state index contributed by atoms with van der Waals surface area (Å²) < 4.78 is 68.1. The number of amides is 1. The van der Waals surface area contributed by atoms with E-state index in [1.807, 2.05) is 68.4 Å². The van der Waals surface area contributed by atoms with E-state index < -0.39 is 32.5 Å². The third kappa shape index (κ3) is 10.0. The van der Waals surface area contributed by atoms with Crippen molar-refractivity contribution < 1.29 is 30.8 Å². The molecular formula is C38H40N4O7S2. The predicted octanol–water partition coefficient (Wildman–Crippen LogP) is 5.68. The number of rotatable bonds is 16. The van der Waals surface area contributed by atoms with Gasteiger partial charge in [0, 0.05) is 13.1 Å². The zero-order valence-electron chi connectivity index (χ0n) is 28.6. The molecule has 13 heteroatoms. The molecule has 5 rings (SSSR count). The zero-order valence-corrected chi connectivity index (χ0v) is 30.2. The topological polar surface area (TPSA) is 139 Å². The molecule has 0 atom stereocenters. The molecule has 0 unspecified atom stereocenters. The van der Waals surface area contributed by atoms with Gasteiger partial charge < -0.3 is 9.15 Å². The minimum absolute atomic E-state index is 0.0246. The molecule has 4 aromatic carbocycles. The Hall–Kier alpha value is -5.08. The van der Waals surface area contributed by atoms with Crippen LogP contribution in [0.2, 0.25) is 0 Å². The molecule has 11 nitrogen and oxygen atoms in total. The number of sulfonamides is 2. The molecule has 1 heterocycles. The van der Waals surface area contributed by atoms with Gasteiger partial charge in [-0.2, -0.15) is 13.7 Å². The lowest BCUT2D eigenvalue weighted by atomic mass is 10.1. The first-order valence-corrected chi connectivity index (χ1v) is 19.0. The number of furan rings is 1. The van der Waals surface area contributed by atoms with Gasteiger partial charge in [-0.15, -0.1) is 0 Å². The smallest absolute Gasteiger partial charge is 0.255 e. The fourth-order valence-electron chi connectivity index (χ4n) is 5.15. The highest BCUT2D eigenvalue weighted by molar-refractivity contribution is 7.89. The van der Waals surface area contributed by atoms with Crippen LogP contribution in [-0.4, -0.2) is 57.8 Å². The second-order valence-corrected chi connectivity index (χ2v) is 15.8.